The molecule has 0 unspecified atom stereocenters. The van der Waals surface area contributed by atoms with E-state index in [0.717, 1.165) is 6.07 Å². The SMILES string of the molecule is CCOC(=O)CCCn1nc(C(F)(F)F)cc1CC. The van der Waals surface area contributed by atoms with Gasteiger partial charge in [-0.2, -0.15) is 18.3 Å². The molecule has 1 heterocycles. The molecule has 1 rings (SSSR count). The van der Waals surface area contributed by atoms with Crippen LogP contribution in [0.2, 0.25) is 0 Å². The largest absolute Gasteiger partial charge is 0.466 e. The van der Waals surface area contributed by atoms with Crippen LogP contribution in [0.4, 0.5) is 13.2 Å². The molecule has 1 aromatic rings. The number of aromatic nitrogens is 2. The Morgan fingerprint density at radius 1 is 1.42 bits per heavy atom. The molecule has 0 amide bonds. The highest BCUT2D eigenvalue weighted by molar-refractivity contribution is 5.69. The van der Waals surface area contributed by atoms with Crippen molar-refractivity contribution in [1.82, 2.24) is 9.78 Å². The van der Waals surface area contributed by atoms with Gasteiger partial charge in [-0.05, 0) is 25.8 Å². The third kappa shape index (κ3) is 4.57. The Bertz CT molecular complexity index is 427. The summed E-state index contributed by atoms with van der Waals surface area (Å²) in [5, 5.41) is 3.53. The van der Waals surface area contributed by atoms with E-state index >= 15 is 0 Å². The maximum atomic E-state index is 12.5. The number of carbonyl (C=O) groups is 1. The highest BCUT2D eigenvalue weighted by atomic mass is 19.4. The van der Waals surface area contributed by atoms with Gasteiger partial charge in [0.2, 0.25) is 0 Å². The zero-order chi connectivity index (χ0) is 14.5. The van der Waals surface area contributed by atoms with Crippen molar-refractivity contribution in [2.45, 2.75) is 45.8 Å². The second-order valence-corrected chi connectivity index (χ2v) is 4.00. The van der Waals surface area contributed by atoms with Crippen molar-refractivity contribution in [3.63, 3.8) is 0 Å². The summed E-state index contributed by atoms with van der Waals surface area (Å²) in [4.78, 5) is 11.1. The van der Waals surface area contributed by atoms with Crippen LogP contribution in [0.1, 0.15) is 38.1 Å². The lowest BCUT2D eigenvalue weighted by atomic mass is 10.2. The minimum Gasteiger partial charge on any atom is -0.466 e. The van der Waals surface area contributed by atoms with E-state index in [1.807, 2.05) is 0 Å². The summed E-state index contributed by atoms with van der Waals surface area (Å²) in [6.45, 7) is 4.05. The number of ether oxygens (including phenoxy) is 1. The Labute approximate surface area is 109 Å². The topological polar surface area (TPSA) is 44.1 Å². The van der Waals surface area contributed by atoms with Crippen LogP contribution in [0, 0.1) is 0 Å². The van der Waals surface area contributed by atoms with Gasteiger partial charge in [0, 0.05) is 18.7 Å². The van der Waals surface area contributed by atoms with Crippen LogP contribution in [0.25, 0.3) is 0 Å². The summed E-state index contributed by atoms with van der Waals surface area (Å²) in [5.41, 5.74) is -0.378. The van der Waals surface area contributed by atoms with Crippen molar-refractivity contribution in [2.75, 3.05) is 6.61 Å². The number of hydrogen-bond acceptors (Lipinski definition) is 3. The second-order valence-electron chi connectivity index (χ2n) is 4.00. The number of nitrogens with zero attached hydrogens (tertiary/aromatic N) is 2. The minimum atomic E-state index is -4.43. The van der Waals surface area contributed by atoms with E-state index in [1.165, 1.54) is 4.68 Å². The Balaban J connectivity index is 2.62. The summed E-state index contributed by atoms with van der Waals surface area (Å²) in [5.74, 6) is -0.344. The smallest absolute Gasteiger partial charge is 0.435 e. The molecule has 4 nitrogen and oxygen atoms in total. The third-order valence-corrected chi connectivity index (χ3v) is 2.57. The molecule has 0 bridgehead atoms. The van der Waals surface area contributed by atoms with Crippen LogP contribution in [0.15, 0.2) is 6.07 Å². The predicted octanol–water partition coefficient (Wildman–Crippen LogP) is 2.81. The highest BCUT2D eigenvalue weighted by Gasteiger charge is 2.34. The molecule has 0 saturated carbocycles. The molecular formula is C12H17F3N2O2. The zero-order valence-corrected chi connectivity index (χ0v) is 11.0. The number of carbonyl (C=O) groups excluding carboxylic acids is 1. The molecule has 0 spiro atoms. The average molecular weight is 278 g/mol. The molecule has 108 valence electrons. The van der Waals surface area contributed by atoms with E-state index in [2.05, 4.69) is 5.10 Å². The number of halogens is 3. The van der Waals surface area contributed by atoms with Gasteiger partial charge in [-0.25, -0.2) is 0 Å². The molecule has 0 fully saturated rings. The predicted molar refractivity (Wildman–Crippen MR) is 62.5 cm³/mol. The maximum Gasteiger partial charge on any atom is 0.435 e. The van der Waals surface area contributed by atoms with Gasteiger partial charge in [-0.3, -0.25) is 9.48 Å². The Kier molecular flexibility index (Phi) is 5.38. The molecule has 0 aliphatic heterocycles. The number of hydrogen-bond donors (Lipinski definition) is 0. The summed E-state index contributed by atoms with van der Waals surface area (Å²) in [6.07, 6.45) is -3.39. The van der Waals surface area contributed by atoms with E-state index in [-0.39, 0.29) is 18.9 Å². The molecular weight excluding hydrogens is 261 g/mol. The minimum absolute atomic E-state index is 0.179. The molecule has 1 aromatic heterocycles. The van der Waals surface area contributed by atoms with Crippen molar-refractivity contribution in [3.8, 4) is 0 Å². The molecule has 7 heteroatoms. The first-order chi connectivity index (χ1) is 8.88. The zero-order valence-electron chi connectivity index (χ0n) is 11.0. The van der Waals surface area contributed by atoms with E-state index in [1.54, 1.807) is 13.8 Å². The fourth-order valence-electron chi connectivity index (χ4n) is 1.68. The molecule has 0 aliphatic carbocycles. The average Bonchev–Trinajstić information content (AvgIpc) is 2.72. The van der Waals surface area contributed by atoms with Gasteiger partial charge in [0.15, 0.2) is 5.69 Å². The number of aryl methyl sites for hydroxylation is 2. The van der Waals surface area contributed by atoms with Gasteiger partial charge < -0.3 is 4.74 Å². The Morgan fingerprint density at radius 2 is 2.11 bits per heavy atom. The van der Waals surface area contributed by atoms with E-state index in [0.29, 0.717) is 25.1 Å². The first-order valence-electron chi connectivity index (χ1n) is 6.18. The summed E-state index contributed by atoms with van der Waals surface area (Å²) in [7, 11) is 0. The van der Waals surface area contributed by atoms with Gasteiger partial charge in [0.25, 0.3) is 0 Å². The number of esters is 1. The molecule has 0 radical (unpaired) electrons. The maximum absolute atomic E-state index is 12.5. The van der Waals surface area contributed by atoms with Crippen molar-refractivity contribution < 1.29 is 22.7 Å². The first kappa shape index (κ1) is 15.5. The first-order valence-corrected chi connectivity index (χ1v) is 6.18. The molecule has 0 aromatic carbocycles. The van der Waals surface area contributed by atoms with Gasteiger partial charge in [-0.15, -0.1) is 0 Å². The number of alkyl halides is 3. The van der Waals surface area contributed by atoms with Gasteiger partial charge in [0.05, 0.1) is 6.61 Å². The quantitative estimate of drug-likeness (QED) is 0.752. The van der Waals surface area contributed by atoms with Gasteiger partial charge in [-0.1, -0.05) is 6.92 Å². The molecule has 19 heavy (non-hydrogen) atoms. The number of rotatable bonds is 6. The Morgan fingerprint density at radius 3 is 2.63 bits per heavy atom. The summed E-state index contributed by atoms with van der Waals surface area (Å²) >= 11 is 0. The molecule has 0 saturated heterocycles. The van der Waals surface area contributed by atoms with Crippen LogP contribution in [-0.4, -0.2) is 22.4 Å². The lowest BCUT2D eigenvalue weighted by Crippen LogP contribution is -2.11. The molecule has 0 aliphatic rings. The Hall–Kier alpha value is -1.53. The van der Waals surface area contributed by atoms with Crippen LogP contribution < -0.4 is 0 Å². The van der Waals surface area contributed by atoms with Crippen molar-refractivity contribution in [1.29, 1.82) is 0 Å². The monoisotopic (exact) mass is 278 g/mol. The highest BCUT2D eigenvalue weighted by Crippen LogP contribution is 2.28. The standard InChI is InChI=1S/C12H17F3N2O2/c1-3-9-8-10(12(13,14)15)16-17(9)7-5-6-11(18)19-4-2/h8H,3-7H2,1-2H3. The van der Waals surface area contributed by atoms with Crippen molar-refractivity contribution >= 4 is 5.97 Å². The molecule has 0 atom stereocenters. The van der Waals surface area contributed by atoms with Gasteiger partial charge in [0.1, 0.15) is 0 Å². The fourth-order valence-corrected chi connectivity index (χ4v) is 1.68. The lowest BCUT2D eigenvalue weighted by molar-refractivity contribution is -0.143. The van der Waals surface area contributed by atoms with E-state index in [4.69, 9.17) is 4.74 Å². The molecule has 0 N–H and O–H groups in total. The summed E-state index contributed by atoms with van der Waals surface area (Å²) in [6, 6.07) is 1.05. The van der Waals surface area contributed by atoms with Crippen LogP contribution in [-0.2, 0) is 28.7 Å². The normalized spacial score (nSPS) is 11.6. The summed E-state index contributed by atoms with van der Waals surface area (Å²) < 4.78 is 43.6. The van der Waals surface area contributed by atoms with Crippen molar-refractivity contribution in [2.24, 2.45) is 0 Å². The van der Waals surface area contributed by atoms with Gasteiger partial charge >= 0.3 is 12.1 Å². The van der Waals surface area contributed by atoms with E-state index in [9.17, 15) is 18.0 Å². The van der Waals surface area contributed by atoms with Crippen LogP contribution in [0.5, 0.6) is 0 Å². The van der Waals surface area contributed by atoms with Crippen LogP contribution >= 0.6 is 0 Å². The van der Waals surface area contributed by atoms with Crippen LogP contribution in [0.3, 0.4) is 0 Å². The second kappa shape index (κ2) is 6.58. The lowest BCUT2D eigenvalue weighted by Gasteiger charge is -2.06. The third-order valence-electron chi connectivity index (χ3n) is 2.57. The fraction of sp³-hybridized carbons (Fsp3) is 0.667. The van der Waals surface area contributed by atoms with Crippen molar-refractivity contribution in [3.05, 3.63) is 17.5 Å². The van der Waals surface area contributed by atoms with E-state index < -0.39 is 11.9 Å².